The van der Waals surface area contributed by atoms with Gasteiger partial charge in [-0.25, -0.2) is 9.79 Å². The number of carbonyl (C=O) groups is 1. The second-order valence-corrected chi connectivity index (χ2v) is 11.4. The van der Waals surface area contributed by atoms with E-state index in [4.69, 9.17) is 21.3 Å². The molecule has 0 saturated heterocycles. The van der Waals surface area contributed by atoms with Crippen LogP contribution in [0.5, 0.6) is 0 Å². The second-order valence-electron chi connectivity index (χ2n) is 9.91. The number of nitrogens with one attached hydrogen (secondary N) is 1. The summed E-state index contributed by atoms with van der Waals surface area (Å²) < 4.78 is 7.71. The molecular weight excluding hydrogens is 542 g/mol. The summed E-state index contributed by atoms with van der Waals surface area (Å²) in [6, 6.07) is 24.6. The molecule has 5 aromatic rings. The van der Waals surface area contributed by atoms with Gasteiger partial charge < -0.3 is 9.72 Å². The van der Waals surface area contributed by atoms with Crippen LogP contribution in [0.4, 0.5) is 0 Å². The normalized spacial score (nSPS) is 15.4. The first kappa shape index (κ1) is 26.0. The van der Waals surface area contributed by atoms with Crippen molar-refractivity contribution in [2.45, 2.75) is 32.9 Å². The molecule has 2 aromatic heterocycles. The number of hydrogen-bond acceptors (Lipinski definition) is 5. The number of ether oxygens (including phenoxy) is 1. The zero-order valence-corrected chi connectivity index (χ0v) is 23.7. The van der Waals surface area contributed by atoms with Gasteiger partial charge in [-0.3, -0.25) is 9.36 Å². The van der Waals surface area contributed by atoms with Crippen LogP contribution in [0.1, 0.15) is 37.9 Å². The maximum atomic E-state index is 14.1. The minimum Gasteiger partial charge on any atom is -0.459 e. The summed E-state index contributed by atoms with van der Waals surface area (Å²) >= 11 is 7.49. The zero-order valence-electron chi connectivity index (χ0n) is 22.1. The van der Waals surface area contributed by atoms with Crippen molar-refractivity contribution < 1.29 is 9.53 Å². The lowest BCUT2D eigenvalue weighted by Gasteiger charge is -2.25. The SMILES string of the molecule is CC1=C(C(=O)OC(C)C)[C@@H](c2ccc(Cl)cc2)n2c(s/c(=C/c3c(-c4ccccc4)[nH]c4ccccc34)c2=O)=N1. The number of carbonyl (C=O) groups excluding carboxylic acids is 1. The van der Waals surface area contributed by atoms with Gasteiger partial charge in [0.15, 0.2) is 4.80 Å². The molecule has 0 spiro atoms. The van der Waals surface area contributed by atoms with E-state index >= 15 is 0 Å². The van der Waals surface area contributed by atoms with E-state index in [0.29, 0.717) is 25.6 Å². The van der Waals surface area contributed by atoms with Crippen LogP contribution >= 0.6 is 22.9 Å². The molecule has 0 bridgehead atoms. The lowest BCUT2D eigenvalue weighted by Crippen LogP contribution is -2.40. The highest BCUT2D eigenvalue weighted by Crippen LogP contribution is 2.33. The molecule has 40 heavy (non-hydrogen) atoms. The Labute approximate surface area is 239 Å². The Morgan fingerprint density at radius 2 is 1.75 bits per heavy atom. The molecule has 3 aromatic carbocycles. The molecule has 6 nitrogen and oxygen atoms in total. The predicted molar refractivity (Wildman–Crippen MR) is 160 cm³/mol. The number of benzene rings is 3. The number of allylic oxidation sites excluding steroid dienone is 1. The summed E-state index contributed by atoms with van der Waals surface area (Å²) in [4.78, 5) is 36.2. The first-order valence-electron chi connectivity index (χ1n) is 13.0. The number of para-hydroxylation sites is 1. The monoisotopic (exact) mass is 567 g/mol. The lowest BCUT2D eigenvalue weighted by atomic mass is 9.96. The summed E-state index contributed by atoms with van der Waals surface area (Å²) in [6.45, 7) is 5.38. The zero-order chi connectivity index (χ0) is 28.0. The molecule has 1 N–H and O–H groups in total. The van der Waals surface area contributed by atoms with Crippen molar-refractivity contribution in [1.29, 1.82) is 0 Å². The van der Waals surface area contributed by atoms with Crippen LogP contribution in [0.2, 0.25) is 5.02 Å². The highest BCUT2D eigenvalue weighted by atomic mass is 35.5. The van der Waals surface area contributed by atoms with E-state index in [9.17, 15) is 9.59 Å². The number of H-pyrrole nitrogens is 1. The van der Waals surface area contributed by atoms with E-state index < -0.39 is 12.0 Å². The van der Waals surface area contributed by atoms with Crippen molar-refractivity contribution in [1.82, 2.24) is 9.55 Å². The fourth-order valence-electron chi connectivity index (χ4n) is 5.10. The van der Waals surface area contributed by atoms with Gasteiger partial charge in [-0.05, 0) is 56.2 Å². The van der Waals surface area contributed by atoms with Gasteiger partial charge in [0.2, 0.25) is 0 Å². The van der Waals surface area contributed by atoms with Gasteiger partial charge in [0.05, 0.1) is 33.6 Å². The second kappa shape index (κ2) is 10.4. The van der Waals surface area contributed by atoms with E-state index in [1.165, 1.54) is 11.3 Å². The molecule has 6 rings (SSSR count). The standard InChI is InChI=1S/C32H26ClN3O3S/c1-18(2)39-31(38)27-19(3)34-32-36(29(27)21-13-15-22(33)16-14-21)30(37)26(40-32)17-24-23-11-7-8-12-25(23)35-28(24)20-9-5-4-6-10-20/h4-18,29,35H,1-3H3/b26-17+/t29-/m1/s1. The fraction of sp³-hybridized carbons (Fsp3) is 0.156. The molecule has 1 aliphatic rings. The van der Waals surface area contributed by atoms with Crippen LogP contribution < -0.4 is 14.9 Å². The minimum atomic E-state index is -0.696. The topological polar surface area (TPSA) is 76.5 Å². The van der Waals surface area contributed by atoms with Gasteiger partial charge in [0.25, 0.3) is 5.56 Å². The predicted octanol–water partition coefficient (Wildman–Crippen LogP) is 5.99. The average Bonchev–Trinajstić information content (AvgIpc) is 3.45. The number of thiazole rings is 1. The molecule has 0 amide bonds. The molecule has 3 heterocycles. The van der Waals surface area contributed by atoms with Crippen molar-refractivity contribution >= 4 is 45.9 Å². The van der Waals surface area contributed by atoms with Gasteiger partial charge in [-0.2, -0.15) is 0 Å². The number of esters is 1. The van der Waals surface area contributed by atoms with Gasteiger partial charge >= 0.3 is 5.97 Å². The third-order valence-electron chi connectivity index (χ3n) is 6.85. The van der Waals surface area contributed by atoms with Gasteiger partial charge in [-0.1, -0.05) is 83.6 Å². The molecule has 0 saturated carbocycles. The van der Waals surface area contributed by atoms with E-state index in [1.807, 2.05) is 72.8 Å². The van der Waals surface area contributed by atoms with Gasteiger partial charge in [0.1, 0.15) is 0 Å². The Kier molecular flexibility index (Phi) is 6.78. The molecule has 0 fully saturated rings. The van der Waals surface area contributed by atoms with Gasteiger partial charge in [-0.15, -0.1) is 0 Å². The van der Waals surface area contributed by atoms with Crippen molar-refractivity contribution in [3.8, 4) is 11.3 Å². The maximum Gasteiger partial charge on any atom is 0.338 e. The number of hydrogen-bond donors (Lipinski definition) is 1. The Hall–Kier alpha value is -4.20. The third kappa shape index (κ3) is 4.61. The minimum absolute atomic E-state index is 0.227. The van der Waals surface area contributed by atoms with Crippen LogP contribution in [0.3, 0.4) is 0 Å². The number of nitrogens with zero attached hydrogens (tertiary/aromatic N) is 2. The van der Waals surface area contributed by atoms with Crippen LogP contribution in [0.15, 0.2) is 99.9 Å². The molecule has 1 atom stereocenters. The smallest absolute Gasteiger partial charge is 0.338 e. The quantitative estimate of drug-likeness (QED) is 0.265. The molecule has 0 radical (unpaired) electrons. The number of halogens is 1. The average molecular weight is 568 g/mol. The Morgan fingerprint density at radius 3 is 2.48 bits per heavy atom. The van der Waals surface area contributed by atoms with E-state index in [0.717, 1.165) is 33.3 Å². The molecule has 200 valence electrons. The van der Waals surface area contributed by atoms with E-state index in [-0.39, 0.29) is 11.7 Å². The van der Waals surface area contributed by atoms with Crippen LogP contribution in [-0.2, 0) is 9.53 Å². The summed E-state index contributed by atoms with van der Waals surface area (Å²) in [5, 5.41) is 1.58. The third-order valence-corrected chi connectivity index (χ3v) is 8.09. The Morgan fingerprint density at radius 1 is 1.05 bits per heavy atom. The van der Waals surface area contributed by atoms with Crippen molar-refractivity contribution in [2.75, 3.05) is 0 Å². The van der Waals surface area contributed by atoms with E-state index in [2.05, 4.69) is 4.98 Å². The Balaban J connectivity index is 1.60. The number of fused-ring (bicyclic) bond motifs is 2. The molecule has 1 aliphatic heterocycles. The summed E-state index contributed by atoms with van der Waals surface area (Å²) in [7, 11) is 0. The highest BCUT2D eigenvalue weighted by Gasteiger charge is 2.33. The molecule has 8 heteroatoms. The lowest BCUT2D eigenvalue weighted by molar-refractivity contribution is -0.143. The molecule has 0 aliphatic carbocycles. The number of rotatable bonds is 5. The fourth-order valence-corrected chi connectivity index (χ4v) is 6.25. The van der Waals surface area contributed by atoms with Crippen LogP contribution in [0, 0.1) is 0 Å². The number of aromatic amines is 1. The summed E-state index contributed by atoms with van der Waals surface area (Å²) in [6.07, 6.45) is 1.61. The number of aromatic nitrogens is 2. The molecular formula is C32H26ClN3O3S. The van der Waals surface area contributed by atoms with Crippen LogP contribution in [-0.4, -0.2) is 21.6 Å². The van der Waals surface area contributed by atoms with Crippen molar-refractivity contribution in [3.63, 3.8) is 0 Å². The summed E-state index contributed by atoms with van der Waals surface area (Å²) in [5.74, 6) is -0.492. The summed E-state index contributed by atoms with van der Waals surface area (Å²) in [5.41, 5.74) is 5.24. The first-order chi connectivity index (χ1) is 19.3. The maximum absolute atomic E-state index is 14.1. The highest BCUT2D eigenvalue weighted by molar-refractivity contribution is 7.07. The first-order valence-corrected chi connectivity index (χ1v) is 14.2. The van der Waals surface area contributed by atoms with Crippen molar-refractivity contribution in [3.05, 3.63) is 126 Å². The van der Waals surface area contributed by atoms with Crippen LogP contribution in [0.25, 0.3) is 28.2 Å². The van der Waals surface area contributed by atoms with E-state index in [1.54, 1.807) is 37.5 Å². The Bertz CT molecular complexity index is 1970. The van der Waals surface area contributed by atoms with Crippen molar-refractivity contribution in [2.24, 2.45) is 4.99 Å². The molecule has 0 unspecified atom stereocenters. The largest absolute Gasteiger partial charge is 0.459 e. The van der Waals surface area contributed by atoms with Gasteiger partial charge in [0, 0.05) is 21.5 Å².